The Morgan fingerprint density at radius 3 is 2.93 bits per heavy atom. The van der Waals surface area contributed by atoms with Crippen LogP contribution in [0.1, 0.15) is 32.0 Å². The Kier molecular flexibility index (Phi) is 5.28. The van der Waals surface area contributed by atoms with Crippen molar-refractivity contribution < 1.29 is 4.74 Å². The van der Waals surface area contributed by atoms with Gasteiger partial charge in [0.15, 0.2) is 0 Å². The zero-order valence-corrected chi connectivity index (χ0v) is 10.8. The Hall–Kier alpha value is -0.390. The minimum Gasteiger partial charge on any atom is -0.380 e. The molecule has 0 aliphatic rings. The summed E-state index contributed by atoms with van der Waals surface area (Å²) < 4.78 is 8.22. The number of nitrogens with two attached hydrogens (primary N) is 1. The van der Waals surface area contributed by atoms with E-state index in [1.54, 1.807) is 6.20 Å². The molecule has 0 spiro atoms. The number of hydrogen-bond acceptors (Lipinski definition) is 3. The number of aromatic nitrogens is 2. The van der Waals surface area contributed by atoms with Crippen LogP contribution in [0.25, 0.3) is 0 Å². The van der Waals surface area contributed by atoms with Gasteiger partial charge in [-0.2, -0.15) is 5.10 Å². The van der Waals surface area contributed by atoms with Gasteiger partial charge in [-0.05, 0) is 29.3 Å². The third-order valence-electron chi connectivity index (χ3n) is 2.12. The Labute approximate surface area is 98.9 Å². The van der Waals surface area contributed by atoms with Crippen LogP contribution in [0.15, 0.2) is 10.7 Å². The van der Waals surface area contributed by atoms with E-state index in [2.05, 4.69) is 28.0 Å². The van der Waals surface area contributed by atoms with Crippen molar-refractivity contribution in [3.8, 4) is 0 Å². The molecule has 86 valence electrons. The summed E-state index contributed by atoms with van der Waals surface area (Å²) in [4.78, 5) is 0. The molecule has 1 aromatic heterocycles. The van der Waals surface area contributed by atoms with E-state index in [-0.39, 0.29) is 6.04 Å². The topological polar surface area (TPSA) is 53.1 Å². The molecule has 1 heterocycles. The van der Waals surface area contributed by atoms with Gasteiger partial charge in [-0.1, -0.05) is 6.92 Å². The molecular weight excluding hydrogens is 258 g/mol. The van der Waals surface area contributed by atoms with Crippen LogP contribution in [-0.4, -0.2) is 23.0 Å². The van der Waals surface area contributed by atoms with Crippen LogP contribution in [0.2, 0.25) is 0 Å². The first-order chi connectivity index (χ1) is 7.20. The third kappa shape index (κ3) is 3.29. The molecule has 4 nitrogen and oxygen atoms in total. The van der Waals surface area contributed by atoms with Crippen LogP contribution < -0.4 is 5.73 Å². The van der Waals surface area contributed by atoms with Gasteiger partial charge in [-0.25, -0.2) is 0 Å². The molecule has 5 heteroatoms. The van der Waals surface area contributed by atoms with E-state index >= 15 is 0 Å². The zero-order valence-electron chi connectivity index (χ0n) is 9.24. The van der Waals surface area contributed by atoms with Gasteiger partial charge in [-0.15, -0.1) is 0 Å². The van der Waals surface area contributed by atoms with Crippen molar-refractivity contribution in [3.63, 3.8) is 0 Å². The van der Waals surface area contributed by atoms with E-state index in [1.807, 2.05) is 11.6 Å². The fourth-order valence-corrected chi connectivity index (χ4v) is 2.04. The lowest BCUT2D eigenvalue weighted by molar-refractivity contribution is 0.131. The van der Waals surface area contributed by atoms with E-state index in [0.717, 1.165) is 23.1 Å². The van der Waals surface area contributed by atoms with E-state index < -0.39 is 0 Å². The molecule has 0 fully saturated rings. The van der Waals surface area contributed by atoms with Gasteiger partial charge in [0, 0.05) is 13.2 Å². The fourth-order valence-electron chi connectivity index (χ4n) is 1.45. The molecule has 0 bridgehead atoms. The van der Waals surface area contributed by atoms with Gasteiger partial charge < -0.3 is 10.5 Å². The Morgan fingerprint density at radius 1 is 1.60 bits per heavy atom. The van der Waals surface area contributed by atoms with Gasteiger partial charge in [0.2, 0.25) is 0 Å². The number of rotatable bonds is 6. The molecule has 0 aliphatic heterocycles. The lowest BCUT2D eigenvalue weighted by Crippen LogP contribution is -2.21. The maximum absolute atomic E-state index is 6.04. The third-order valence-corrected chi connectivity index (χ3v) is 2.73. The molecule has 0 saturated carbocycles. The average Bonchev–Trinajstić information content (AvgIpc) is 2.57. The summed E-state index contributed by atoms with van der Waals surface area (Å²) in [5.41, 5.74) is 7.06. The van der Waals surface area contributed by atoms with Crippen molar-refractivity contribution in [1.29, 1.82) is 0 Å². The van der Waals surface area contributed by atoms with E-state index in [9.17, 15) is 0 Å². The SMILES string of the molecule is CCCn1ncc(Br)c1C(N)COCC. The summed E-state index contributed by atoms with van der Waals surface area (Å²) in [6.45, 7) is 6.19. The molecule has 0 aliphatic carbocycles. The molecular formula is C10H18BrN3O. The quantitative estimate of drug-likeness (QED) is 0.865. The number of ether oxygens (including phenoxy) is 1. The van der Waals surface area contributed by atoms with Crippen molar-refractivity contribution in [2.45, 2.75) is 32.9 Å². The molecule has 0 radical (unpaired) electrons. The summed E-state index contributed by atoms with van der Waals surface area (Å²) in [6.07, 6.45) is 2.83. The fraction of sp³-hybridized carbons (Fsp3) is 0.700. The molecule has 1 aromatic rings. The van der Waals surface area contributed by atoms with Crippen molar-refractivity contribution in [2.24, 2.45) is 5.73 Å². The van der Waals surface area contributed by atoms with Gasteiger partial charge >= 0.3 is 0 Å². The second-order valence-corrected chi connectivity index (χ2v) is 4.22. The largest absolute Gasteiger partial charge is 0.380 e. The lowest BCUT2D eigenvalue weighted by atomic mass is 10.2. The highest BCUT2D eigenvalue weighted by molar-refractivity contribution is 9.10. The summed E-state index contributed by atoms with van der Waals surface area (Å²) in [5, 5.41) is 4.27. The molecule has 15 heavy (non-hydrogen) atoms. The smallest absolute Gasteiger partial charge is 0.0717 e. The van der Waals surface area contributed by atoms with Crippen molar-refractivity contribution in [2.75, 3.05) is 13.2 Å². The first-order valence-electron chi connectivity index (χ1n) is 5.25. The summed E-state index contributed by atoms with van der Waals surface area (Å²) in [5.74, 6) is 0. The number of halogens is 1. The molecule has 0 amide bonds. The Balaban J connectivity index is 2.75. The standard InChI is InChI=1S/C10H18BrN3O/c1-3-5-14-10(8(11)6-13-14)9(12)7-15-4-2/h6,9H,3-5,7,12H2,1-2H3. The molecule has 1 rings (SSSR count). The van der Waals surface area contributed by atoms with Gasteiger partial charge in [-0.3, -0.25) is 4.68 Å². The number of aryl methyl sites for hydroxylation is 1. The van der Waals surface area contributed by atoms with E-state index in [4.69, 9.17) is 10.5 Å². The maximum atomic E-state index is 6.04. The molecule has 0 saturated heterocycles. The first kappa shape index (κ1) is 12.7. The van der Waals surface area contributed by atoms with Crippen LogP contribution in [0.5, 0.6) is 0 Å². The second-order valence-electron chi connectivity index (χ2n) is 3.37. The number of nitrogens with zero attached hydrogens (tertiary/aromatic N) is 2. The number of hydrogen-bond donors (Lipinski definition) is 1. The maximum Gasteiger partial charge on any atom is 0.0717 e. The molecule has 1 atom stereocenters. The Bertz CT molecular complexity index is 301. The second kappa shape index (κ2) is 6.25. The van der Waals surface area contributed by atoms with Gasteiger partial charge in [0.1, 0.15) is 0 Å². The predicted molar refractivity (Wildman–Crippen MR) is 63.6 cm³/mol. The summed E-state index contributed by atoms with van der Waals surface area (Å²) in [7, 11) is 0. The van der Waals surface area contributed by atoms with Crippen LogP contribution >= 0.6 is 15.9 Å². The van der Waals surface area contributed by atoms with Crippen molar-refractivity contribution in [1.82, 2.24) is 9.78 Å². The Morgan fingerprint density at radius 2 is 2.33 bits per heavy atom. The van der Waals surface area contributed by atoms with E-state index in [0.29, 0.717) is 13.2 Å². The summed E-state index contributed by atoms with van der Waals surface area (Å²) in [6, 6.07) is -0.117. The van der Waals surface area contributed by atoms with Crippen molar-refractivity contribution in [3.05, 3.63) is 16.4 Å². The van der Waals surface area contributed by atoms with Crippen LogP contribution in [-0.2, 0) is 11.3 Å². The highest BCUT2D eigenvalue weighted by atomic mass is 79.9. The van der Waals surface area contributed by atoms with Crippen LogP contribution in [0.3, 0.4) is 0 Å². The highest BCUT2D eigenvalue weighted by Crippen LogP contribution is 2.22. The molecule has 1 unspecified atom stereocenters. The normalized spacial score (nSPS) is 13.1. The zero-order chi connectivity index (χ0) is 11.3. The van der Waals surface area contributed by atoms with Gasteiger partial charge in [0.05, 0.1) is 29.0 Å². The van der Waals surface area contributed by atoms with Crippen LogP contribution in [0, 0.1) is 0 Å². The minimum atomic E-state index is -0.117. The highest BCUT2D eigenvalue weighted by Gasteiger charge is 2.15. The summed E-state index contributed by atoms with van der Waals surface area (Å²) >= 11 is 3.46. The van der Waals surface area contributed by atoms with E-state index in [1.165, 1.54) is 0 Å². The lowest BCUT2D eigenvalue weighted by Gasteiger charge is -2.14. The molecule has 2 N–H and O–H groups in total. The van der Waals surface area contributed by atoms with Gasteiger partial charge in [0.25, 0.3) is 0 Å². The average molecular weight is 276 g/mol. The predicted octanol–water partition coefficient (Wildman–Crippen LogP) is 2.09. The molecule has 0 aromatic carbocycles. The minimum absolute atomic E-state index is 0.117. The first-order valence-corrected chi connectivity index (χ1v) is 6.04. The monoisotopic (exact) mass is 275 g/mol. The van der Waals surface area contributed by atoms with Crippen LogP contribution in [0.4, 0.5) is 0 Å². The van der Waals surface area contributed by atoms with Crippen molar-refractivity contribution >= 4 is 15.9 Å².